The standard InChI is InChI=1S/C34H40N2O4S2/c1-2-40-34(39)29-27-20-11-3-4-12-21-28(27)42-33(29)36-32(38)30(23-14-7-5-8-15-23)41-26-19-13-18-25(22-26)35-31(37)24-16-9-6-10-17-24/h5,7-8,13-15,18-19,22,24,30H,2-4,6,9-12,16-17,20-21H2,1H3,(H,35,37)(H,36,38). The predicted octanol–water partition coefficient (Wildman–Crippen LogP) is 8.57. The van der Waals surface area contributed by atoms with Crippen molar-refractivity contribution >= 4 is 51.6 Å². The average Bonchev–Trinajstić information content (AvgIpc) is 3.32. The quantitative estimate of drug-likeness (QED) is 0.189. The molecule has 2 amide bonds. The second-order valence-electron chi connectivity index (χ2n) is 11.1. The minimum Gasteiger partial charge on any atom is -0.462 e. The third-order valence-corrected chi connectivity index (χ3v) is 10.5. The lowest BCUT2D eigenvalue weighted by Gasteiger charge is -2.21. The lowest BCUT2D eigenvalue weighted by molar-refractivity contribution is -0.120. The molecule has 1 saturated carbocycles. The normalized spacial score (nSPS) is 16.4. The molecular weight excluding hydrogens is 565 g/mol. The molecule has 1 aromatic heterocycles. The highest BCUT2D eigenvalue weighted by atomic mass is 32.2. The van der Waals surface area contributed by atoms with Crippen LogP contribution in [0.5, 0.6) is 0 Å². The lowest BCUT2D eigenvalue weighted by atomic mass is 9.88. The molecule has 42 heavy (non-hydrogen) atoms. The van der Waals surface area contributed by atoms with Gasteiger partial charge in [0.15, 0.2) is 0 Å². The highest BCUT2D eigenvalue weighted by Crippen LogP contribution is 2.41. The van der Waals surface area contributed by atoms with E-state index in [1.165, 1.54) is 40.8 Å². The number of thioether (sulfide) groups is 1. The topological polar surface area (TPSA) is 84.5 Å². The molecule has 0 aliphatic heterocycles. The smallest absolute Gasteiger partial charge is 0.341 e. The summed E-state index contributed by atoms with van der Waals surface area (Å²) in [5.74, 6) is -0.413. The van der Waals surface area contributed by atoms with E-state index in [0.717, 1.165) is 79.5 Å². The molecule has 0 bridgehead atoms. The number of amides is 2. The third kappa shape index (κ3) is 7.64. The number of benzene rings is 2. The molecule has 0 radical (unpaired) electrons. The largest absolute Gasteiger partial charge is 0.462 e. The van der Waals surface area contributed by atoms with Gasteiger partial charge in [0.2, 0.25) is 11.8 Å². The zero-order valence-corrected chi connectivity index (χ0v) is 25.9. The van der Waals surface area contributed by atoms with Crippen LogP contribution in [0.2, 0.25) is 0 Å². The molecule has 3 aromatic rings. The van der Waals surface area contributed by atoms with Gasteiger partial charge in [-0.15, -0.1) is 23.1 Å². The number of hydrogen-bond donors (Lipinski definition) is 2. The highest BCUT2D eigenvalue weighted by Gasteiger charge is 2.29. The van der Waals surface area contributed by atoms with E-state index in [1.54, 1.807) is 6.92 Å². The molecule has 2 aliphatic carbocycles. The van der Waals surface area contributed by atoms with Crippen LogP contribution in [0.25, 0.3) is 0 Å². The van der Waals surface area contributed by atoms with Gasteiger partial charge in [-0.2, -0.15) is 0 Å². The van der Waals surface area contributed by atoms with E-state index in [9.17, 15) is 14.4 Å². The summed E-state index contributed by atoms with van der Waals surface area (Å²) in [6, 6.07) is 17.4. The Bertz CT molecular complexity index is 1380. The Balaban J connectivity index is 1.39. The number of esters is 1. The summed E-state index contributed by atoms with van der Waals surface area (Å²) in [4.78, 5) is 42.1. The lowest BCUT2D eigenvalue weighted by Crippen LogP contribution is -2.24. The molecule has 8 heteroatoms. The van der Waals surface area contributed by atoms with Crippen LogP contribution in [-0.2, 0) is 27.2 Å². The molecule has 1 heterocycles. The van der Waals surface area contributed by atoms with Crippen molar-refractivity contribution in [2.45, 2.75) is 87.7 Å². The number of carbonyl (C=O) groups excluding carboxylic acids is 3. The van der Waals surface area contributed by atoms with Gasteiger partial charge < -0.3 is 15.4 Å². The van der Waals surface area contributed by atoms with Gasteiger partial charge >= 0.3 is 5.97 Å². The van der Waals surface area contributed by atoms with Crippen LogP contribution in [0.3, 0.4) is 0 Å². The number of fused-ring (bicyclic) bond motifs is 1. The van der Waals surface area contributed by atoms with E-state index in [1.807, 2.05) is 54.6 Å². The Morgan fingerprint density at radius 2 is 1.64 bits per heavy atom. The SMILES string of the molecule is CCOC(=O)c1c(NC(=O)C(Sc2cccc(NC(=O)C3CCCCC3)c2)c2ccccc2)sc2c1CCCCCC2. The number of ether oxygens (including phenoxy) is 1. The fourth-order valence-electron chi connectivity index (χ4n) is 5.90. The zero-order chi connectivity index (χ0) is 29.3. The van der Waals surface area contributed by atoms with Gasteiger partial charge in [-0.05, 0) is 74.8 Å². The van der Waals surface area contributed by atoms with Crippen LogP contribution >= 0.6 is 23.1 Å². The van der Waals surface area contributed by atoms with Crippen LogP contribution in [0, 0.1) is 5.92 Å². The van der Waals surface area contributed by atoms with Crippen molar-refractivity contribution in [1.82, 2.24) is 0 Å². The summed E-state index contributed by atoms with van der Waals surface area (Å²) >= 11 is 2.96. The van der Waals surface area contributed by atoms with E-state index in [4.69, 9.17) is 4.74 Å². The van der Waals surface area contributed by atoms with Crippen LogP contribution in [-0.4, -0.2) is 24.4 Å². The van der Waals surface area contributed by atoms with Crippen molar-refractivity contribution in [1.29, 1.82) is 0 Å². The Hall–Kier alpha value is -3.10. The molecular formula is C34H40N2O4S2. The first-order chi connectivity index (χ1) is 20.5. The minimum atomic E-state index is -0.560. The molecule has 222 valence electrons. The molecule has 2 aromatic carbocycles. The van der Waals surface area contributed by atoms with E-state index in [0.29, 0.717) is 10.6 Å². The second-order valence-corrected chi connectivity index (χ2v) is 13.4. The first kappa shape index (κ1) is 30.4. The van der Waals surface area contributed by atoms with Crippen LogP contribution in [0.1, 0.15) is 96.3 Å². The summed E-state index contributed by atoms with van der Waals surface area (Å²) in [6.07, 6.45) is 11.5. The van der Waals surface area contributed by atoms with Crippen molar-refractivity contribution in [3.05, 3.63) is 76.2 Å². The summed E-state index contributed by atoms with van der Waals surface area (Å²) < 4.78 is 5.45. The van der Waals surface area contributed by atoms with Crippen molar-refractivity contribution in [3.63, 3.8) is 0 Å². The Kier molecular flexibility index (Phi) is 10.8. The van der Waals surface area contributed by atoms with Crippen molar-refractivity contribution in [2.75, 3.05) is 17.2 Å². The maximum atomic E-state index is 14.0. The summed E-state index contributed by atoms with van der Waals surface area (Å²) in [5, 5.41) is 6.27. The van der Waals surface area contributed by atoms with Gasteiger partial charge in [0.25, 0.3) is 0 Å². The number of anilines is 2. The van der Waals surface area contributed by atoms with E-state index in [2.05, 4.69) is 10.6 Å². The van der Waals surface area contributed by atoms with Gasteiger partial charge in [0, 0.05) is 21.4 Å². The van der Waals surface area contributed by atoms with Crippen molar-refractivity contribution in [3.8, 4) is 0 Å². The number of thiophene rings is 1. The van der Waals surface area contributed by atoms with Gasteiger partial charge in [0.05, 0.1) is 12.2 Å². The van der Waals surface area contributed by atoms with Gasteiger partial charge in [-0.25, -0.2) is 4.79 Å². The Morgan fingerprint density at radius 1 is 0.905 bits per heavy atom. The third-order valence-electron chi connectivity index (χ3n) is 8.06. The number of nitrogens with one attached hydrogen (secondary N) is 2. The molecule has 5 rings (SSSR count). The molecule has 2 N–H and O–H groups in total. The Labute approximate surface area is 257 Å². The molecule has 1 unspecified atom stereocenters. The number of carbonyl (C=O) groups is 3. The van der Waals surface area contributed by atoms with Gasteiger partial charge in [-0.1, -0.05) is 68.5 Å². The Morgan fingerprint density at radius 3 is 2.40 bits per heavy atom. The van der Waals surface area contributed by atoms with E-state index in [-0.39, 0.29) is 30.3 Å². The van der Waals surface area contributed by atoms with Crippen molar-refractivity contribution < 1.29 is 19.1 Å². The zero-order valence-electron chi connectivity index (χ0n) is 24.3. The molecule has 1 fully saturated rings. The second kappa shape index (κ2) is 14.9. The van der Waals surface area contributed by atoms with Crippen molar-refractivity contribution in [2.24, 2.45) is 5.92 Å². The molecule has 0 saturated heterocycles. The fourth-order valence-corrected chi connectivity index (χ4v) is 8.26. The first-order valence-electron chi connectivity index (χ1n) is 15.3. The predicted molar refractivity (Wildman–Crippen MR) is 171 cm³/mol. The fraction of sp³-hybridized carbons (Fsp3) is 0.441. The number of hydrogen-bond acceptors (Lipinski definition) is 6. The molecule has 2 aliphatic rings. The maximum Gasteiger partial charge on any atom is 0.341 e. The minimum absolute atomic E-state index is 0.0664. The highest BCUT2D eigenvalue weighted by molar-refractivity contribution is 8.00. The van der Waals surface area contributed by atoms with E-state index < -0.39 is 5.25 Å². The van der Waals surface area contributed by atoms with Gasteiger partial charge in [-0.3, -0.25) is 9.59 Å². The summed E-state index contributed by atoms with van der Waals surface area (Å²) in [7, 11) is 0. The monoisotopic (exact) mass is 604 g/mol. The first-order valence-corrected chi connectivity index (χ1v) is 17.0. The molecule has 0 spiro atoms. The number of aryl methyl sites for hydroxylation is 1. The summed E-state index contributed by atoms with van der Waals surface area (Å²) in [6.45, 7) is 2.09. The number of rotatable bonds is 9. The van der Waals surface area contributed by atoms with Crippen LogP contribution in [0.4, 0.5) is 10.7 Å². The molecule has 6 nitrogen and oxygen atoms in total. The van der Waals surface area contributed by atoms with Crippen LogP contribution in [0.15, 0.2) is 59.5 Å². The summed E-state index contributed by atoms with van der Waals surface area (Å²) in [5.41, 5.74) is 3.17. The average molecular weight is 605 g/mol. The van der Waals surface area contributed by atoms with E-state index >= 15 is 0 Å². The van der Waals surface area contributed by atoms with Crippen LogP contribution < -0.4 is 10.6 Å². The maximum absolute atomic E-state index is 14.0. The molecule has 1 atom stereocenters. The van der Waals surface area contributed by atoms with Gasteiger partial charge in [0.1, 0.15) is 10.3 Å².